The minimum absolute atomic E-state index is 0.500. The average Bonchev–Trinajstić information content (AvgIpc) is 3.14. The fourth-order valence-electron chi connectivity index (χ4n) is 4.29. The van der Waals surface area contributed by atoms with Crippen molar-refractivity contribution in [1.29, 1.82) is 0 Å². The molecule has 0 spiro atoms. The predicted octanol–water partition coefficient (Wildman–Crippen LogP) is 4.41. The van der Waals surface area contributed by atoms with Gasteiger partial charge in [0.1, 0.15) is 5.75 Å². The summed E-state index contributed by atoms with van der Waals surface area (Å²) in [5, 5.41) is 12.0. The van der Waals surface area contributed by atoms with Crippen molar-refractivity contribution in [3.05, 3.63) is 47.7 Å². The third kappa shape index (κ3) is 4.53. The monoisotopic (exact) mass is 393 g/mol. The molecule has 3 aromatic rings. The van der Waals surface area contributed by atoms with Gasteiger partial charge >= 0.3 is 0 Å². The van der Waals surface area contributed by atoms with E-state index in [0.29, 0.717) is 18.4 Å². The Morgan fingerprint density at radius 3 is 2.93 bits per heavy atom. The molecule has 1 atom stereocenters. The molecule has 1 aromatic carbocycles. The number of pyridine rings is 1. The van der Waals surface area contributed by atoms with Crippen LogP contribution in [0.3, 0.4) is 0 Å². The highest BCUT2D eigenvalue weighted by Gasteiger charge is 2.23. The van der Waals surface area contributed by atoms with E-state index < -0.39 is 0 Å². The number of methoxy groups -OCH3 is 1. The van der Waals surface area contributed by atoms with Gasteiger partial charge in [0.2, 0.25) is 0 Å². The van der Waals surface area contributed by atoms with Gasteiger partial charge in [-0.2, -0.15) is 5.10 Å². The maximum absolute atomic E-state index is 5.43. The van der Waals surface area contributed by atoms with E-state index in [-0.39, 0.29) is 0 Å². The van der Waals surface area contributed by atoms with Crippen LogP contribution >= 0.6 is 0 Å². The van der Waals surface area contributed by atoms with Crippen molar-refractivity contribution in [2.24, 2.45) is 5.92 Å². The number of hydrogen-bond acceptors (Lipinski definition) is 5. The van der Waals surface area contributed by atoms with E-state index in [1.165, 1.54) is 31.6 Å². The number of anilines is 1. The van der Waals surface area contributed by atoms with Crippen molar-refractivity contribution < 1.29 is 4.74 Å². The number of nitrogens with zero attached hydrogens (tertiary/aromatic N) is 3. The molecule has 6 nitrogen and oxygen atoms in total. The first-order valence-corrected chi connectivity index (χ1v) is 10.6. The van der Waals surface area contributed by atoms with Crippen molar-refractivity contribution >= 4 is 16.9 Å². The Bertz CT molecular complexity index is 951. The van der Waals surface area contributed by atoms with Crippen LogP contribution in [0.25, 0.3) is 11.0 Å². The van der Waals surface area contributed by atoms with Gasteiger partial charge in [-0.3, -0.25) is 5.10 Å². The van der Waals surface area contributed by atoms with Gasteiger partial charge < -0.3 is 15.0 Å². The Morgan fingerprint density at radius 2 is 2.10 bits per heavy atom. The lowest BCUT2D eigenvalue weighted by Gasteiger charge is -2.33. The van der Waals surface area contributed by atoms with Crippen molar-refractivity contribution in [1.82, 2.24) is 20.1 Å². The number of fused-ring (bicyclic) bond motifs is 1. The first kappa shape index (κ1) is 19.7. The largest absolute Gasteiger partial charge is 0.496 e. The summed E-state index contributed by atoms with van der Waals surface area (Å²) in [6, 6.07) is 12.3. The molecule has 0 bridgehead atoms. The van der Waals surface area contributed by atoms with Gasteiger partial charge in [0, 0.05) is 36.8 Å². The number of H-pyrrole nitrogens is 1. The lowest BCUT2D eigenvalue weighted by Crippen LogP contribution is -2.37. The Labute approximate surface area is 172 Å². The second-order valence-electron chi connectivity index (χ2n) is 8.36. The summed E-state index contributed by atoms with van der Waals surface area (Å²) in [4.78, 5) is 7.49. The van der Waals surface area contributed by atoms with Gasteiger partial charge in [-0.25, -0.2) is 4.98 Å². The standard InChI is InChI=1S/C23H31N5O/c1-16(2)14-28-12-6-8-18(15-28)20-11-10-19-22(26-27-23(19)25-20)24-13-17-7-4-5-9-21(17)29-3/h4-5,7,9-11,16,18H,6,8,12-15H2,1-3H3,(H2,24,25,26,27). The topological polar surface area (TPSA) is 66.1 Å². The molecule has 154 valence electrons. The summed E-state index contributed by atoms with van der Waals surface area (Å²) in [6.07, 6.45) is 2.45. The van der Waals surface area contributed by atoms with E-state index >= 15 is 0 Å². The third-order valence-corrected chi connectivity index (χ3v) is 5.63. The second kappa shape index (κ2) is 8.82. The van der Waals surface area contributed by atoms with Gasteiger partial charge in [-0.15, -0.1) is 0 Å². The average molecular weight is 394 g/mol. The van der Waals surface area contributed by atoms with Crippen LogP contribution in [0, 0.1) is 5.92 Å². The van der Waals surface area contributed by atoms with Crippen molar-refractivity contribution in [3.8, 4) is 5.75 Å². The summed E-state index contributed by atoms with van der Waals surface area (Å²) in [6.45, 7) is 8.70. The quantitative estimate of drug-likeness (QED) is 0.622. The molecule has 0 saturated carbocycles. The molecule has 6 heteroatoms. The zero-order valence-electron chi connectivity index (χ0n) is 17.6. The molecule has 2 N–H and O–H groups in total. The number of aromatic nitrogens is 3. The van der Waals surface area contributed by atoms with Crippen LogP contribution in [0.1, 0.15) is 43.9 Å². The Hall–Kier alpha value is -2.60. The summed E-state index contributed by atoms with van der Waals surface area (Å²) in [5.41, 5.74) is 3.13. The molecular formula is C23H31N5O. The molecule has 0 aliphatic carbocycles. The second-order valence-corrected chi connectivity index (χ2v) is 8.36. The van der Waals surface area contributed by atoms with Crippen LogP contribution in [0.15, 0.2) is 36.4 Å². The third-order valence-electron chi connectivity index (χ3n) is 5.63. The molecule has 0 radical (unpaired) electrons. The highest BCUT2D eigenvalue weighted by Crippen LogP contribution is 2.29. The summed E-state index contributed by atoms with van der Waals surface area (Å²) in [7, 11) is 1.70. The molecule has 2 aromatic heterocycles. The first-order chi connectivity index (χ1) is 14.1. The number of benzene rings is 1. The van der Waals surface area contributed by atoms with Crippen LogP contribution in [0.5, 0.6) is 5.75 Å². The molecule has 4 rings (SSSR count). The maximum atomic E-state index is 5.43. The molecule has 3 heterocycles. The normalized spacial score (nSPS) is 17.7. The summed E-state index contributed by atoms with van der Waals surface area (Å²) < 4.78 is 5.43. The van der Waals surface area contributed by atoms with Crippen LogP contribution in [0.2, 0.25) is 0 Å². The van der Waals surface area contributed by atoms with Gasteiger partial charge in [0.25, 0.3) is 0 Å². The van der Waals surface area contributed by atoms with Crippen molar-refractivity contribution in [3.63, 3.8) is 0 Å². The van der Waals surface area contributed by atoms with Crippen LogP contribution < -0.4 is 10.1 Å². The number of hydrogen-bond donors (Lipinski definition) is 2. The Morgan fingerprint density at radius 1 is 1.24 bits per heavy atom. The first-order valence-electron chi connectivity index (χ1n) is 10.6. The number of nitrogens with one attached hydrogen (secondary N) is 2. The molecular weight excluding hydrogens is 362 g/mol. The smallest absolute Gasteiger partial charge is 0.157 e. The van der Waals surface area contributed by atoms with Crippen LogP contribution in [0.4, 0.5) is 5.82 Å². The van der Waals surface area contributed by atoms with Gasteiger partial charge in [-0.05, 0) is 43.5 Å². The molecule has 1 aliphatic rings. The minimum atomic E-state index is 0.500. The number of likely N-dealkylation sites (tertiary alicyclic amines) is 1. The number of para-hydroxylation sites is 1. The fourth-order valence-corrected chi connectivity index (χ4v) is 4.29. The molecule has 29 heavy (non-hydrogen) atoms. The van der Waals surface area contributed by atoms with Crippen molar-refractivity contribution in [2.45, 2.75) is 39.2 Å². The van der Waals surface area contributed by atoms with E-state index in [0.717, 1.165) is 34.7 Å². The highest BCUT2D eigenvalue weighted by molar-refractivity contribution is 5.87. The highest BCUT2D eigenvalue weighted by atomic mass is 16.5. The number of ether oxygens (including phenoxy) is 1. The Kier molecular flexibility index (Phi) is 6.00. The minimum Gasteiger partial charge on any atom is -0.496 e. The number of piperidine rings is 1. The van der Waals surface area contributed by atoms with E-state index in [2.05, 4.69) is 52.5 Å². The van der Waals surface area contributed by atoms with E-state index in [1.54, 1.807) is 7.11 Å². The lowest BCUT2D eigenvalue weighted by molar-refractivity contribution is 0.186. The Balaban J connectivity index is 1.47. The molecule has 1 fully saturated rings. The molecule has 1 unspecified atom stereocenters. The maximum Gasteiger partial charge on any atom is 0.157 e. The summed E-state index contributed by atoms with van der Waals surface area (Å²) in [5.74, 6) is 2.91. The van der Waals surface area contributed by atoms with E-state index in [1.807, 2.05) is 18.2 Å². The van der Waals surface area contributed by atoms with Gasteiger partial charge in [-0.1, -0.05) is 32.0 Å². The predicted molar refractivity (Wildman–Crippen MR) is 117 cm³/mol. The fraction of sp³-hybridized carbons (Fsp3) is 0.478. The number of aromatic amines is 1. The van der Waals surface area contributed by atoms with Crippen LogP contribution in [-0.4, -0.2) is 46.8 Å². The van der Waals surface area contributed by atoms with E-state index in [4.69, 9.17) is 9.72 Å². The SMILES string of the molecule is COc1ccccc1CNc1n[nH]c2nc(C3CCCN(CC(C)C)C3)ccc12. The lowest BCUT2D eigenvalue weighted by atomic mass is 9.93. The van der Waals surface area contributed by atoms with Gasteiger partial charge in [0.15, 0.2) is 11.5 Å². The zero-order valence-corrected chi connectivity index (χ0v) is 17.6. The molecule has 1 aliphatic heterocycles. The zero-order chi connectivity index (χ0) is 20.2. The van der Waals surface area contributed by atoms with Gasteiger partial charge in [0.05, 0.1) is 12.5 Å². The summed E-state index contributed by atoms with van der Waals surface area (Å²) >= 11 is 0. The number of rotatable bonds is 7. The molecule has 0 amide bonds. The van der Waals surface area contributed by atoms with Crippen LogP contribution in [-0.2, 0) is 6.54 Å². The van der Waals surface area contributed by atoms with Crippen molar-refractivity contribution in [2.75, 3.05) is 32.1 Å². The molecule has 1 saturated heterocycles. The van der Waals surface area contributed by atoms with E-state index in [9.17, 15) is 0 Å².